The van der Waals surface area contributed by atoms with E-state index in [0.29, 0.717) is 46.8 Å². The van der Waals surface area contributed by atoms with E-state index in [1.54, 1.807) is 46.1 Å². The van der Waals surface area contributed by atoms with E-state index in [9.17, 15) is 14.7 Å². The fourth-order valence-corrected chi connectivity index (χ4v) is 4.58. The number of aryl methyl sites for hydroxylation is 1. The number of carbonyl (C=O) groups excluding carboxylic acids is 1. The number of anilines is 1. The predicted molar refractivity (Wildman–Crippen MR) is 134 cm³/mol. The lowest BCUT2D eigenvalue weighted by molar-refractivity contribution is 0.0738. The van der Waals surface area contributed by atoms with Crippen molar-refractivity contribution in [2.75, 3.05) is 11.4 Å². The molecule has 3 aromatic heterocycles. The van der Waals surface area contributed by atoms with Crippen LogP contribution >= 0.6 is 0 Å². The molecule has 0 fully saturated rings. The molecule has 0 amide bonds. The molecule has 0 atom stereocenters. The lowest BCUT2D eigenvalue weighted by atomic mass is 9.93. The van der Waals surface area contributed by atoms with Gasteiger partial charge in [-0.15, -0.1) is 0 Å². The van der Waals surface area contributed by atoms with Gasteiger partial charge in [0, 0.05) is 37.5 Å². The fraction of sp³-hybridized carbons (Fsp3) is 0.296. The minimum absolute atomic E-state index is 0.0193. The molecule has 178 valence electrons. The maximum Gasteiger partial charge on any atom is 0.264 e. The molecule has 0 saturated carbocycles. The first-order chi connectivity index (χ1) is 16.6. The maximum absolute atomic E-state index is 13.2. The minimum atomic E-state index is -1.05. The van der Waals surface area contributed by atoms with E-state index in [0.717, 1.165) is 23.1 Å². The van der Waals surface area contributed by atoms with Gasteiger partial charge in [0.15, 0.2) is 5.78 Å². The molecule has 35 heavy (non-hydrogen) atoms. The summed E-state index contributed by atoms with van der Waals surface area (Å²) in [5, 5.41) is 10.7. The Balaban J connectivity index is 1.67. The number of hydrogen-bond donors (Lipinski definition) is 1. The Morgan fingerprint density at radius 3 is 2.63 bits per heavy atom. The number of nitrogens with zero attached hydrogens (tertiary/aromatic N) is 5. The number of carbonyl (C=O) groups is 1. The largest absolute Gasteiger partial charge is 0.384 e. The standard InChI is InChI=1S/C27H27N5O3/c1-16(33)19-7-5-6-17-10-11-32(14-20(17)19)25-24-22(29-15-31(4)26(24)34)12-21(30-25)18-8-9-23(28-13-18)27(2,3)35/h5-9,12-13,15,35H,10-11,14H2,1-4H3. The summed E-state index contributed by atoms with van der Waals surface area (Å²) in [7, 11) is 1.67. The average Bonchev–Trinajstić information content (AvgIpc) is 2.84. The van der Waals surface area contributed by atoms with E-state index >= 15 is 0 Å². The molecule has 4 aromatic rings. The number of pyridine rings is 2. The topological polar surface area (TPSA) is 101 Å². The Morgan fingerprint density at radius 1 is 1.14 bits per heavy atom. The van der Waals surface area contributed by atoms with Gasteiger partial charge in [0.1, 0.15) is 16.8 Å². The first-order valence-corrected chi connectivity index (χ1v) is 11.6. The Hall–Kier alpha value is -3.91. The molecule has 1 aliphatic heterocycles. The molecule has 8 heteroatoms. The highest BCUT2D eigenvalue weighted by atomic mass is 16.3. The zero-order valence-corrected chi connectivity index (χ0v) is 20.2. The van der Waals surface area contributed by atoms with Crippen LogP contribution in [0.2, 0.25) is 0 Å². The summed E-state index contributed by atoms with van der Waals surface area (Å²) < 4.78 is 1.45. The third-order valence-electron chi connectivity index (χ3n) is 6.52. The number of aromatic nitrogens is 4. The van der Waals surface area contributed by atoms with Crippen molar-refractivity contribution in [2.45, 2.75) is 39.3 Å². The number of fused-ring (bicyclic) bond motifs is 2. The molecule has 1 N–H and O–H groups in total. The Bertz CT molecular complexity index is 1520. The summed E-state index contributed by atoms with van der Waals surface area (Å²) in [6, 6.07) is 11.2. The van der Waals surface area contributed by atoms with Crippen LogP contribution in [0.4, 0.5) is 5.82 Å². The maximum atomic E-state index is 13.2. The third-order valence-corrected chi connectivity index (χ3v) is 6.52. The smallest absolute Gasteiger partial charge is 0.264 e. The van der Waals surface area contributed by atoms with Gasteiger partial charge in [-0.05, 0) is 56.5 Å². The molecule has 8 nitrogen and oxygen atoms in total. The molecular weight excluding hydrogens is 442 g/mol. The van der Waals surface area contributed by atoms with Crippen molar-refractivity contribution in [3.8, 4) is 11.3 Å². The van der Waals surface area contributed by atoms with Gasteiger partial charge in [-0.1, -0.05) is 18.2 Å². The molecule has 5 rings (SSSR count). The highest BCUT2D eigenvalue weighted by Crippen LogP contribution is 2.32. The van der Waals surface area contributed by atoms with Crippen molar-refractivity contribution >= 4 is 22.5 Å². The number of hydrogen-bond acceptors (Lipinski definition) is 7. The van der Waals surface area contributed by atoms with Gasteiger partial charge in [-0.25, -0.2) is 9.97 Å². The van der Waals surface area contributed by atoms with Crippen molar-refractivity contribution < 1.29 is 9.90 Å². The first-order valence-electron chi connectivity index (χ1n) is 11.6. The second kappa shape index (κ2) is 8.39. The van der Waals surface area contributed by atoms with Gasteiger partial charge in [0.05, 0.1) is 23.2 Å². The predicted octanol–water partition coefficient (Wildman–Crippen LogP) is 3.38. The molecular formula is C27H27N5O3. The zero-order valence-electron chi connectivity index (χ0n) is 20.2. The summed E-state index contributed by atoms with van der Waals surface area (Å²) in [5.41, 5.74) is 4.08. The quantitative estimate of drug-likeness (QED) is 0.457. The highest BCUT2D eigenvalue weighted by Gasteiger charge is 2.25. The summed E-state index contributed by atoms with van der Waals surface area (Å²) in [6.45, 7) is 6.08. The normalized spacial score (nSPS) is 13.7. The Labute approximate surface area is 202 Å². The van der Waals surface area contributed by atoms with Gasteiger partial charge >= 0.3 is 0 Å². The van der Waals surface area contributed by atoms with Crippen molar-refractivity contribution in [1.82, 2.24) is 19.5 Å². The molecule has 4 heterocycles. The van der Waals surface area contributed by atoms with Gasteiger partial charge < -0.3 is 14.6 Å². The summed E-state index contributed by atoms with van der Waals surface area (Å²) in [6.07, 6.45) is 3.92. The van der Waals surface area contributed by atoms with E-state index in [4.69, 9.17) is 4.98 Å². The highest BCUT2D eigenvalue weighted by molar-refractivity contribution is 5.96. The van der Waals surface area contributed by atoms with E-state index in [2.05, 4.69) is 20.9 Å². The Morgan fingerprint density at radius 2 is 1.94 bits per heavy atom. The van der Waals surface area contributed by atoms with Crippen molar-refractivity contribution in [3.05, 3.63) is 81.7 Å². The monoisotopic (exact) mass is 469 g/mol. The van der Waals surface area contributed by atoms with Crippen LogP contribution in [0.5, 0.6) is 0 Å². The van der Waals surface area contributed by atoms with Crippen LogP contribution in [-0.4, -0.2) is 37.0 Å². The molecule has 0 spiro atoms. The van der Waals surface area contributed by atoms with Gasteiger partial charge in [-0.2, -0.15) is 0 Å². The van der Waals surface area contributed by atoms with E-state index in [-0.39, 0.29) is 11.3 Å². The molecule has 1 aromatic carbocycles. The number of rotatable bonds is 4. The summed E-state index contributed by atoms with van der Waals surface area (Å²) >= 11 is 0. The van der Waals surface area contributed by atoms with Gasteiger partial charge in [-0.3, -0.25) is 14.6 Å². The summed E-state index contributed by atoms with van der Waals surface area (Å²) in [4.78, 5) is 41.4. The number of aliphatic hydroxyl groups is 1. The Kier molecular flexibility index (Phi) is 5.48. The third kappa shape index (κ3) is 4.10. The number of benzene rings is 1. The molecule has 0 bridgehead atoms. The van der Waals surface area contributed by atoms with Crippen LogP contribution in [0.1, 0.15) is 48.0 Å². The number of Topliss-reactive ketones (excluding diaryl/α,β-unsaturated/α-hetero) is 1. The van der Waals surface area contributed by atoms with Crippen LogP contribution in [-0.2, 0) is 25.6 Å². The fourth-order valence-electron chi connectivity index (χ4n) is 4.58. The second-order valence-electron chi connectivity index (χ2n) is 9.55. The van der Waals surface area contributed by atoms with Crippen molar-refractivity contribution in [2.24, 2.45) is 7.05 Å². The van der Waals surface area contributed by atoms with E-state index in [1.165, 1.54) is 10.9 Å². The van der Waals surface area contributed by atoms with Crippen LogP contribution in [0.15, 0.2) is 53.7 Å². The van der Waals surface area contributed by atoms with Crippen LogP contribution in [0.25, 0.3) is 22.2 Å². The lowest BCUT2D eigenvalue weighted by Gasteiger charge is -2.31. The molecule has 1 aliphatic rings. The van der Waals surface area contributed by atoms with Crippen LogP contribution in [0.3, 0.4) is 0 Å². The molecule has 0 unspecified atom stereocenters. The molecule has 0 saturated heterocycles. The second-order valence-corrected chi connectivity index (χ2v) is 9.55. The summed E-state index contributed by atoms with van der Waals surface area (Å²) in [5.74, 6) is 0.563. The molecule has 0 radical (unpaired) electrons. The average molecular weight is 470 g/mol. The van der Waals surface area contributed by atoms with E-state index < -0.39 is 5.60 Å². The van der Waals surface area contributed by atoms with Gasteiger partial charge in [0.25, 0.3) is 5.56 Å². The van der Waals surface area contributed by atoms with E-state index in [1.807, 2.05) is 18.2 Å². The molecule has 0 aliphatic carbocycles. The first kappa shape index (κ1) is 22.9. The minimum Gasteiger partial charge on any atom is -0.384 e. The number of ketones is 1. The zero-order chi connectivity index (χ0) is 24.9. The van der Waals surface area contributed by atoms with Crippen molar-refractivity contribution in [1.29, 1.82) is 0 Å². The van der Waals surface area contributed by atoms with Crippen LogP contribution < -0.4 is 10.5 Å². The van der Waals surface area contributed by atoms with Gasteiger partial charge in [0.2, 0.25) is 0 Å². The van der Waals surface area contributed by atoms with Crippen LogP contribution in [0, 0.1) is 0 Å². The lowest BCUT2D eigenvalue weighted by Crippen LogP contribution is -2.33. The van der Waals surface area contributed by atoms with Crippen molar-refractivity contribution in [3.63, 3.8) is 0 Å². The SMILES string of the molecule is CC(=O)c1cccc2c1CN(c1nc(-c3ccc(C(C)(C)O)nc3)cc3ncn(C)c(=O)c13)CC2.